The van der Waals surface area contributed by atoms with E-state index in [1.165, 1.54) is 12.0 Å². The van der Waals surface area contributed by atoms with Crippen molar-refractivity contribution in [2.45, 2.75) is 32.6 Å². The van der Waals surface area contributed by atoms with E-state index in [1.54, 1.807) is 0 Å². The molecule has 2 aliphatic rings. The first-order valence-corrected chi connectivity index (χ1v) is 9.16. The molecule has 0 saturated carbocycles. The van der Waals surface area contributed by atoms with Gasteiger partial charge in [-0.1, -0.05) is 6.92 Å². The Hall–Kier alpha value is -1.75. The van der Waals surface area contributed by atoms with Crippen LogP contribution in [-0.2, 0) is 6.42 Å². The van der Waals surface area contributed by atoms with Crippen molar-refractivity contribution >= 4 is 11.7 Å². The van der Waals surface area contributed by atoms with Gasteiger partial charge in [0, 0.05) is 25.3 Å². The number of ether oxygens (including phenoxy) is 1. The van der Waals surface area contributed by atoms with Crippen LogP contribution in [0.4, 0.5) is 10.5 Å². The first-order chi connectivity index (χ1) is 11.7. The van der Waals surface area contributed by atoms with Crippen molar-refractivity contribution in [2.24, 2.45) is 5.92 Å². The first kappa shape index (κ1) is 17.1. The summed E-state index contributed by atoms with van der Waals surface area (Å²) in [5.74, 6) is 1.55. The fraction of sp³-hybridized carbons (Fsp3) is 0.632. The monoisotopic (exact) mass is 331 g/mol. The van der Waals surface area contributed by atoms with Crippen LogP contribution in [0.5, 0.6) is 5.75 Å². The smallest absolute Gasteiger partial charge is 0.321 e. The average Bonchev–Trinajstić information content (AvgIpc) is 3.03. The number of carbonyl (C=O) groups is 1. The van der Waals surface area contributed by atoms with Gasteiger partial charge in [-0.2, -0.15) is 0 Å². The van der Waals surface area contributed by atoms with Crippen molar-refractivity contribution in [1.29, 1.82) is 0 Å². The van der Waals surface area contributed by atoms with Gasteiger partial charge in [-0.3, -0.25) is 0 Å². The highest BCUT2D eigenvalue weighted by molar-refractivity contribution is 5.89. The lowest BCUT2D eigenvalue weighted by molar-refractivity contribution is 0.217. The van der Waals surface area contributed by atoms with Crippen LogP contribution in [0.25, 0.3) is 0 Å². The second-order valence-electron chi connectivity index (χ2n) is 7.07. The summed E-state index contributed by atoms with van der Waals surface area (Å²) in [6.07, 6.45) is 4.34. The normalized spacial score (nSPS) is 20.0. The van der Waals surface area contributed by atoms with Gasteiger partial charge in [0.15, 0.2) is 0 Å². The van der Waals surface area contributed by atoms with Crippen LogP contribution in [0.15, 0.2) is 18.2 Å². The summed E-state index contributed by atoms with van der Waals surface area (Å²) in [6.45, 7) is 6.90. The number of anilines is 1. The van der Waals surface area contributed by atoms with Crippen LogP contribution >= 0.6 is 0 Å². The number of hydrogen-bond acceptors (Lipinski definition) is 3. The molecule has 0 spiro atoms. The summed E-state index contributed by atoms with van der Waals surface area (Å²) in [5, 5.41) is 3.05. The lowest BCUT2D eigenvalue weighted by Gasteiger charge is -2.22. The van der Waals surface area contributed by atoms with Crippen LogP contribution in [0, 0.1) is 5.92 Å². The van der Waals surface area contributed by atoms with Gasteiger partial charge in [-0.25, -0.2) is 4.79 Å². The van der Waals surface area contributed by atoms with Crippen molar-refractivity contribution in [1.82, 2.24) is 9.80 Å². The van der Waals surface area contributed by atoms with E-state index in [4.69, 9.17) is 4.74 Å². The van der Waals surface area contributed by atoms with E-state index in [-0.39, 0.29) is 6.03 Å². The Morgan fingerprint density at radius 3 is 3.17 bits per heavy atom. The van der Waals surface area contributed by atoms with E-state index in [0.29, 0.717) is 5.92 Å². The Kier molecular flexibility index (Phi) is 5.61. The molecule has 24 heavy (non-hydrogen) atoms. The van der Waals surface area contributed by atoms with Crippen LogP contribution < -0.4 is 10.1 Å². The third-order valence-corrected chi connectivity index (χ3v) is 4.91. The van der Waals surface area contributed by atoms with Gasteiger partial charge in [0.05, 0.1) is 6.61 Å². The molecular formula is C19H29N3O2. The molecule has 2 amide bonds. The van der Waals surface area contributed by atoms with Crippen molar-refractivity contribution in [2.75, 3.05) is 45.2 Å². The third kappa shape index (κ3) is 4.20. The molecule has 0 aliphatic carbocycles. The van der Waals surface area contributed by atoms with Crippen molar-refractivity contribution in [3.63, 3.8) is 0 Å². The Morgan fingerprint density at radius 2 is 2.33 bits per heavy atom. The molecule has 0 bridgehead atoms. The number of benzene rings is 1. The Balaban J connectivity index is 1.52. The molecule has 5 nitrogen and oxygen atoms in total. The minimum absolute atomic E-state index is 0.0207. The first-order valence-electron chi connectivity index (χ1n) is 9.16. The lowest BCUT2D eigenvalue weighted by Crippen LogP contribution is -2.34. The number of nitrogens with one attached hydrogen (secondary N) is 1. The molecule has 1 aromatic rings. The van der Waals surface area contributed by atoms with Gasteiger partial charge in [0.25, 0.3) is 0 Å². The summed E-state index contributed by atoms with van der Waals surface area (Å²) in [5.41, 5.74) is 2.07. The van der Waals surface area contributed by atoms with Gasteiger partial charge in [0.1, 0.15) is 5.75 Å². The van der Waals surface area contributed by atoms with E-state index in [1.807, 2.05) is 17.0 Å². The maximum absolute atomic E-state index is 12.5. The Labute approximate surface area is 145 Å². The number of rotatable bonds is 5. The summed E-state index contributed by atoms with van der Waals surface area (Å²) >= 11 is 0. The Bertz CT molecular complexity index is 576. The number of fused-ring (bicyclic) bond motifs is 1. The number of carbonyl (C=O) groups excluding carboxylic acids is 1. The number of nitrogens with zero attached hydrogens (tertiary/aromatic N) is 2. The SMILES string of the molecule is CCCN(C)CC1CCN(C(=O)Nc2ccc3c(c2)CCCO3)C1. The Morgan fingerprint density at radius 1 is 1.46 bits per heavy atom. The number of aryl methyl sites for hydroxylation is 1. The van der Waals surface area contributed by atoms with Crippen LogP contribution in [-0.4, -0.2) is 55.7 Å². The van der Waals surface area contributed by atoms with E-state index in [9.17, 15) is 4.79 Å². The molecule has 1 aromatic carbocycles. The zero-order valence-corrected chi connectivity index (χ0v) is 14.9. The summed E-state index contributed by atoms with van der Waals surface area (Å²) in [6, 6.07) is 5.98. The molecule has 1 atom stereocenters. The van der Waals surface area contributed by atoms with Crippen molar-refractivity contribution in [3.8, 4) is 5.75 Å². The predicted molar refractivity (Wildman–Crippen MR) is 96.7 cm³/mol. The van der Waals surface area contributed by atoms with Crippen LogP contribution in [0.2, 0.25) is 0 Å². The number of hydrogen-bond donors (Lipinski definition) is 1. The molecule has 3 rings (SSSR count). The molecule has 2 aliphatic heterocycles. The van der Waals surface area contributed by atoms with Crippen LogP contribution in [0.3, 0.4) is 0 Å². The minimum Gasteiger partial charge on any atom is -0.493 e. The maximum atomic E-state index is 12.5. The maximum Gasteiger partial charge on any atom is 0.321 e. The molecule has 5 heteroatoms. The topological polar surface area (TPSA) is 44.8 Å². The molecule has 2 heterocycles. The molecule has 1 fully saturated rings. The van der Waals surface area contributed by atoms with Gasteiger partial charge >= 0.3 is 6.03 Å². The van der Waals surface area contributed by atoms with Gasteiger partial charge in [-0.15, -0.1) is 0 Å². The largest absolute Gasteiger partial charge is 0.493 e. The van der Waals surface area contributed by atoms with Crippen molar-refractivity contribution < 1.29 is 9.53 Å². The highest BCUT2D eigenvalue weighted by Crippen LogP contribution is 2.28. The number of urea groups is 1. The molecule has 132 valence electrons. The summed E-state index contributed by atoms with van der Waals surface area (Å²) in [4.78, 5) is 16.8. The highest BCUT2D eigenvalue weighted by atomic mass is 16.5. The molecule has 0 radical (unpaired) electrons. The minimum atomic E-state index is 0.0207. The second-order valence-corrected chi connectivity index (χ2v) is 7.07. The molecular weight excluding hydrogens is 302 g/mol. The van der Waals surface area contributed by atoms with Crippen molar-refractivity contribution in [3.05, 3.63) is 23.8 Å². The van der Waals surface area contributed by atoms with E-state index in [0.717, 1.165) is 63.5 Å². The fourth-order valence-electron chi connectivity index (χ4n) is 3.72. The quantitative estimate of drug-likeness (QED) is 0.901. The highest BCUT2D eigenvalue weighted by Gasteiger charge is 2.27. The van der Waals surface area contributed by atoms with E-state index in [2.05, 4.69) is 30.3 Å². The number of likely N-dealkylation sites (tertiary alicyclic amines) is 1. The third-order valence-electron chi connectivity index (χ3n) is 4.91. The van der Waals surface area contributed by atoms with E-state index < -0.39 is 0 Å². The summed E-state index contributed by atoms with van der Waals surface area (Å²) < 4.78 is 5.63. The molecule has 1 N–H and O–H groups in total. The second kappa shape index (κ2) is 7.88. The summed E-state index contributed by atoms with van der Waals surface area (Å²) in [7, 11) is 2.17. The molecule has 0 aromatic heterocycles. The lowest BCUT2D eigenvalue weighted by atomic mass is 10.1. The zero-order chi connectivity index (χ0) is 16.9. The van der Waals surface area contributed by atoms with Crippen LogP contribution in [0.1, 0.15) is 31.7 Å². The average molecular weight is 331 g/mol. The number of amides is 2. The predicted octanol–water partition coefficient (Wildman–Crippen LogP) is 3.21. The van der Waals surface area contributed by atoms with Gasteiger partial charge in [-0.05, 0) is 69.0 Å². The standard InChI is InChI=1S/C19H29N3O2/c1-3-9-21(2)13-15-8-10-22(14-15)19(23)20-17-6-7-18-16(12-17)5-4-11-24-18/h6-7,12,15H,3-5,8-11,13-14H2,1-2H3,(H,20,23). The molecule has 1 saturated heterocycles. The fourth-order valence-corrected chi connectivity index (χ4v) is 3.72. The zero-order valence-electron chi connectivity index (χ0n) is 14.9. The van der Waals surface area contributed by atoms with Gasteiger partial charge < -0.3 is 19.9 Å². The van der Waals surface area contributed by atoms with E-state index >= 15 is 0 Å². The van der Waals surface area contributed by atoms with Gasteiger partial charge in [0.2, 0.25) is 0 Å². The molecule has 1 unspecified atom stereocenters.